The van der Waals surface area contributed by atoms with Crippen LogP contribution in [-0.4, -0.2) is 75.9 Å². The van der Waals surface area contributed by atoms with Gasteiger partial charge in [-0.1, -0.05) is 20.8 Å². The molecule has 0 saturated carbocycles. The molecule has 3 aromatic rings. The van der Waals surface area contributed by atoms with Crippen LogP contribution in [0.5, 0.6) is 0 Å². The van der Waals surface area contributed by atoms with Gasteiger partial charge in [0, 0.05) is 37.2 Å². The number of hydrogen-bond acceptors (Lipinski definition) is 10. The summed E-state index contributed by atoms with van der Waals surface area (Å²) in [5.41, 5.74) is 0.385. The molecule has 0 fully saturated rings. The third kappa shape index (κ3) is 7.17. The Kier molecular flexibility index (Phi) is 8.33. The highest BCUT2D eigenvalue weighted by atomic mass is 19.1. The number of anilines is 3. The molecule has 0 radical (unpaired) electrons. The van der Waals surface area contributed by atoms with Crippen LogP contribution in [0.15, 0.2) is 42.6 Å². The largest absolute Gasteiger partial charge is 0.512 e. The first kappa shape index (κ1) is 27.4. The molecule has 0 spiro atoms. The van der Waals surface area contributed by atoms with Gasteiger partial charge in [0.15, 0.2) is 5.82 Å². The second kappa shape index (κ2) is 11.2. The first-order chi connectivity index (χ1) is 17.3. The normalized spacial score (nSPS) is 12.1. The lowest BCUT2D eigenvalue weighted by atomic mass is 9.93. The van der Waals surface area contributed by atoms with E-state index in [0.717, 1.165) is 12.6 Å². The molecule has 0 aliphatic carbocycles. The molecule has 0 aliphatic heterocycles. The molecule has 0 unspecified atom stereocenters. The number of fused-ring (bicyclic) bond motifs is 1. The number of halogens is 1. The number of allylic oxidation sites excluding steroid dienone is 1. The highest BCUT2D eigenvalue weighted by Crippen LogP contribution is 2.25. The predicted octanol–water partition coefficient (Wildman–Crippen LogP) is 3.50. The van der Waals surface area contributed by atoms with Gasteiger partial charge in [-0.25, -0.2) is 24.3 Å². The molecule has 3 rings (SSSR count). The number of rotatable bonds is 8. The number of carbonyl (C=O) groups is 1. The summed E-state index contributed by atoms with van der Waals surface area (Å²) in [6.45, 7) is 6.82. The summed E-state index contributed by atoms with van der Waals surface area (Å²) < 4.78 is 14.7. The maximum absolute atomic E-state index is 14.7. The summed E-state index contributed by atoms with van der Waals surface area (Å²) in [5.74, 6) is -0.876. The SMILES string of the molecule is CN(C)CCN(C)c1ncc2ncnc(Nc3cc(C(=O)NC(=N)/C=C(\O)C(C)(C)C)ccc3F)c2n1. The number of hydrogen-bond donors (Lipinski definition) is 4. The number of aliphatic hydroxyl groups is 1. The van der Waals surface area contributed by atoms with Gasteiger partial charge < -0.3 is 25.5 Å². The second-order valence-corrected chi connectivity index (χ2v) is 9.82. The molecule has 37 heavy (non-hydrogen) atoms. The van der Waals surface area contributed by atoms with Gasteiger partial charge >= 0.3 is 0 Å². The molecule has 12 heteroatoms. The van der Waals surface area contributed by atoms with Gasteiger partial charge in [0.1, 0.15) is 34.8 Å². The van der Waals surface area contributed by atoms with E-state index in [1.807, 2.05) is 30.9 Å². The minimum atomic E-state index is -0.634. The van der Waals surface area contributed by atoms with Crippen LogP contribution in [0.4, 0.5) is 21.8 Å². The van der Waals surface area contributed by atoms with E-state index in [1.165, 1.54) is 24.5 Å². The van der Waals surface area contributed by atoms with E-state index >= 15 is 0 Å². The molecule has 11 nitrogen and oxygen atoms in total. The van der Waals surface area contributed by atoms with Crippen molar-refractivity contribution in [1.82, 2.24) is 30.2 Å². The summed E-state index contributed by atoms with van der Waals surface area (Å²) in [5, 5.41) is 23.3. The summed E-state index contributed by atoms with van der Waals surface area (Å²) in [6, 6.07) is 3.75. The van der Waals surface area contributed by atoms with Gasteiger partial charge in [-0.3, -0.25) is 10.2 Å². The number of benzene rings is 1. The van der Waals surface area contributed by atoms with Crippen LogP contribution < -0.4 is 15.5 Å². The monoisotopic (exact) mass is 509 g/mol. The van der Waals surface area contributed by atoms with Crippen molar-refractivity contribution < 1.29 is 14.3 Å². The van der Waals surface area contributed by atoms with Crippen molar-refractivity contribution >= 4 is 40.2 Å². The van der Waals surface area contributed by atoms with E-state index in [9.17, 15) is 14.3 Å². The van der Waals surface area contributed by atoms with Gasteiger partial charge in [-0.05, 0) is 32.3 Å². The first-order valence-corrected chi connectivity index (χ1v) is 11.6. The van der Waals surface area contributed by atoms with Crippen molar-refractivity contribution in [2.45, 2.75) is 20.8 Å². The number of amidine groups is 1. The van der Waals surface area contributed by atoms with Crippen LogP contribution in [0.1, 0.15) is 31.1 Å². The maximum atomic E-state index is 14.7. The van der Waals surface area contributed by atoms with Crippen molar-refractivity contribution in [1.29, 1.82) is 5.41 Å². The Morgan fingerprint density at radius 1 is 1.16 bits per heavy atom. The quantitative estimate of drug-likeness (QED) is 0.204. The first-order valence-electron chi connectivity index (χ1n) is 11.6. The van der Waals surface area contributed by atoms with Gasteiger partial charge in [0.05, 0.1) is 11.9 Å². The molecular weight excluding hydrogens is 477 g/mol. The number of aromatic nitrogens is 4. The highest BCUT2D eigenvalue weighted by Gasteiger charge is 2.18. The van der Waals surface area contributed by atoms with Crippen LogP contribution in [0.3, 0.4) is 0 Å². The lowest BCUT2D eigenvalue weighted by Crippen LogP contribution is -2.29. The fourth-order valence-corrected chi connectivity index (χ4v) is 3.04. The topological polar surface area (TPSA) is 143 Å². The van der Waals surface area contributed by atoms with Gasteiger partial charge in [0.25, 0.3) is 5.91 Å². The second-order valence-electron chi connectivity index (χ2n) is 9.82. The summed E-state index contributed by atoms with van der Waals surface area (Å²) in [6.07, 6.45) is 4.05. The smallest absolute Gasteiger partial charge is 0.256 e. The van der Waals surface area contributed by atoms with E-state index < -0.39 is 17.1 Å². The van der Waals surface area contributed by atoms with Gasteiger partial charge in [-0.2, -0.15) is 0 Å². The predicted molar refractivity (Wildman–Crippen MR) is 142 cm³/mol. The van der Waals surface area contributed by atoms with Crippen molar-refractivity contribution in [3.05, 3.63) is 53.9 Å². The van der Waals surface area contributed by atoms with Crippen molar-refractivity contribution in [2.75, 3.05) is 44.4 Å². The fourth-order valence-electron chi connectivity index (χ4n) is 3.04. The van der Waals surface area contributed by atoms with Crippen molar-refractivity contribution in [3.63, 3.8) is 0 Å². The minimum absolute atomic E-state index is 0.00612. The van der Waals surface area contributed by atoms with Crippen LogP contribution in [0.25, 0.3) is 11.0 Å². The zero-order valence-corrected chi connectivity index (χ0v) is 21.8. The number of amides is 1. The Bertz CT molecular complexity index is 1340. The van der Waals surface area contributed by atoms with Gasteiger partial charge in [0.2, 0.25) is 5.95 Å². The maximum Gasteiger partial charge on any atom is 0.256 e. The lowest BCUT2D eigenvalue weighted by molar-refractivity contribution is 0.0977. The Labute approximate surface area is 215 Å². The molecule has 0 atom stereocenters. The zero-order valence-electron chi connectivity index (χ0n) is 21.8. The van der Waals surface area contributed by atoms with Crippen LogP contribution in [0.2, 0.25) is 0 Å². The molecule has 0 aliphatic rings. The minimum Gasteiger partial charge on any atom is -0.512 e. The molecule has 0 bridgehead atoms. The zero-order chi connectivity index (χ0) is 27.3. The Hall–Kier alpha value is -4.19. The van der Waals surface area contributed by atoms with Crippen LogP contribution >= 0.6 is 0 Å². The van der Waals surface area contributed by atoms with Crippen molar-refractivity contribution in [2.24, 2.45) is 5.41 Å². The summed E-state index contributed by atoms with van der Waals surface area (Å²) >= 11 is 0. The Morgan fingerprint density at radius 3 is 2.57 bits per heavy atom. The van der Waals surface area contributed by atoms with Gasteiger partial charge in [-0.15, -0.1) is 0 Å². The fraction of sp³-hybridized carbons (Fsp3) is 0.360. The summed E-state index contributed by atoms with van der Waals surface area (Å²) in [7, 11) is 5.82. The molecule has 2 heterocycles. The molecule has 1 aromatic carbocycles. The van der Waals surface area contributed by atoms with E-state index in [0.29, 0.717) is 23.5 Å². The number of nitrogens with zero attached hydrogens (tertiary/aromatic N) is 6. The number of aliphatic hydroxyl groups excluding tert-OH is 1. The molecule has 2 aromatic heterocycles. The molecule has 196 valence electrons. The Morgan fingerprint density at radius 2 is 1.89 bits per heavy atom. The number of likely N-dealkylation sites (N-methyl/N-ethyl adjacent to an activating group) is 2. The van der Waals surface area contributed by atoms with E-state index in [4.69, 9.17) is 5.41 Å². The molecule has 1 amide bonds. The van der Waals surface area contributed by atoms with E-state index in [2.05, 4.69) is 30.6 Å². The van der Waals surface area contributed by atoms with Crippen molar-refractivity contribution in [3.8, 4) is 0 Å². The Balaban J connectivity index is 1.85. The van der Waals surface area contributed by atoms with Crippen LogP contribution in [0, 0.1) is 16.6 Å². The highest BCUT2D eigenvalue weighted by molar-refractivity contribution is 6.09. The lowest BCUT2D eigenvalue weighted by Gasteiger charge is -2.19. The number of carbonyl (C=O) groups excluding carboxylic acids is 1. The van der Waals surface area contributed by atoms with E-state index in [1.54, 1.807) is 27.0 Å². The molecule has 0 saturated heterocycles. The third-order valence-corrected chi connectivity index (χ3v) is 5.37. The average Bonchev–Trinajstić information content (AvgIpc) is 2.83. The average molecular weight is 510 g/mol. The van der Waals surface area contributed by atoms with E-state index in [-0.39, 0.29) is 28.7 Å². The molecule has 4 N–H and O–H groups in total. The number of nitrogens with one attached hydrogen (secondary N) is 3. The summed E-state index contributed by atoms with van der Waals surface area (Å²) in [4.78, 5) is 34.0. The third-order valence-electron chi connectivity index (χ3n) is 5.37. The molecular formula is C25H32FN9O2. The standard InChI is InChI=1S/C25H32FN9O2/c1-25(2,3)19(36)12-20(27)32-23(37)15-7-8-16(26)17(11-15)31-22-21-18(29-14-30-22)13-28-24(33-21)35(6)10-9-34(4)5/h7-8,11-14,36H,9-10H2,1-6H3,(H2,27,32,37)(H,29,30,31)/b19-12-. The van der Waals surface area contributed by atoms with Crippen LogP contribution in [-0.2, 0) is 0 Å².